The molecule has 90 valence electrons. The zero-order valence-electron chi connectivity index (χ0n) is 8.15. The van der Waals surface area contributed by atoms with Gasteiger partial charge in [-0.05, 0) is 42.3 Å². The van der Waals surface area contributed by atoms with Crippen LogP contribution in [-0.2, 0) is 6.42 Å². The van der Waals surface area contributed by atoms with E-state index in [9.17, 15) is 13.2 Å². The van der Waals surface area contributed by atoms with Crippen LogP contribution in [0.25, 0.3) is 0 Å². The number of hydrogen-bond donors (Lipinski definition) is 0. The Morgan fingerprint density at radius 2 is 1.94 bits per heavy atom. The van der Waals surface area contributed by atoms with Gasteiger partial charge < -0.3 is 0 Å². The summed E-state index contributed by atoms with van der Waals surface area (Å²) in [6, 6.07) is 4.60. The van der Waals surface area contributed by atoms with Crippen molar-refractivity contribution in [2.24, 2.45) is 0 Å². The minimum absolute atomic E-state index is 0.0313. The highest BCUT2D eigenvalue weighted by Crippen LogP contribution is 2.40. The van der Waals surface area contributed by atoms with Crippen molar-refractivity contribution in [3.8, 4) is 0 Å². The van der Waals surface area contributed by atoms with Crippen LogP contribution in [0.3, 0.4) is 0 Å². The molecule has 0 aliphatic rings. The number of hydrogen-bond acceptors (Lipinski definition) is 1. The van der Waals surface area contributed by atoms with Crippen molar-refractivity contribution in [1.29, 1.82) is 0 Å². The van der Waals surface area contributed by atoms with Gasteiger partial charge in [0.2, 0.25) is 0 Å². The van der Waals surface area contributed by atoms with Gasteiger partial charge >= 0.3 is 5.51 Å². The third-order valence-corrected chi connectivity index (χ3v) is 3.32. The fourth-order valence-corrected chi connectivity index (χ4v) is 2.17. The fourth-order valence-electron chi connectivity index (χ4n) is 1.18. The van der Waals surface area contributed by atoms with Crippen molar-refractivity contribution < 1.29 is 13.2 Å². The third-order valence-electron chi connectivity index (χ3n) is 1.82. The monoisotopic (exact) mass is 288 g/mol. The second-order valence-corrected chi connectivity index (χ2v) is 5.00. The molecule has 0 unspecified atom stereocenters. The Labute approximate surface area is 106 Å². The number of thioether (sulfide) groups is 1. The Bertz CT molecular complexity index is 352. The predicted molar refractivity (Wildman–Crippen MR) is 62.4 cm³/mol. The molecular formula is C10H9Cl2F3S. The zero-order valence-corrected chi connectivity index (χ0v) is 10.5. The van der Waals surface area contributed by atoms with Gasteiger partial charge in [0, 0.05) is 10.8 Å². The molecule has 0 fully saturated rings. The van der Waals surface area contributed by atoms with E-state index < -0.39 is 5.51 Å². The van der Waals surface area contributed by atoms with Crippen LogP contribution in [0.2, 0.25) is 5.02 Å². The van der Waals surface area contributed by atoms with E-state index in [2.05, 4.69) is 0 Å². The molecule has 0 heterocycles. The summed E-state index contributed by atoms with van der Waals surface area (Å²) in [5.41, 5.74) is -3.40. The average Bonchev–Trinajstić information content (AvgIpc) is 2.17. The van der Waals surface area contributed by atoms with Crippen LogP contribution >= 0.6 is 35.0 Å². The number of aryl methyl sites for hydroxylation is 1. The highest BCUT2D eigenvalue weighted by molar-refractivity contribution is 8.00. The summed E-state index contributed by atoms with van der Waals surface area (Å²) < 4.78 is 36.3. The molecule has 1 aromatic carbocycles. The molecule has 0 amide bonds. The van der Waals surface area contributed by atoms with Gasteiger partial charge in [0.15, 0.2) is 0 Å². The molecule has 0 aliphatic carbocycles. The van der Waals surface area contributed by atoms with Gasteiger partial charge in [0.05, 0.1) is 5.02 Å². The summed E-state index contributed by atoms with van der Waals surface area (Å²) in [6.07, 6.45) is 1.50. The molecule has 1 rings (SSSR count). The predicted octanol–water partition coefficient (Wildman–Crippen LogP) is 5.12. The molecule has 0 nitrogen and oxygen atoms in total. The van der Waals surface area contributed by atoms with Crippen molar-refractivity contribution in [3.63, 3.8) is 0 Å². The lowest BCUT2D eigenvalue weighted by molar-refractivity contribution is -0.0328. The first-order valence-corrected chi connectivity index (χ1v) is 6.25. The van der Waals surface area contributed by atoms with E-state index in [1.165, 1.54) is 6.07 Å². The van der Waals surface area contributed by atoms with E-state index in [-0.39, 0.29) is 21.7 Å². The molecule has 0 saturated carbocycles. The lowest BCUT2D eigenvalue weighted by atomic mass is 10.1. The number of halogens is 5. The summed E-state index contributed by atoms with van der Waals surface area (Å²) in [7, 11) is 0. The smallest absolute Gasteiger partial charge is 0.160 e. The van der Waals surface area contributed by atoms with Gasteiger partial charge in [0.25, 0.3) is 0 Å². The Balaban J connectivity index is 2.75. The Morgan fingerprint density at radius 1 is 1.25 bits per heavy atom. The van der Waals surface area contributed by atoms with Gasteiger partial charge in [-0.15, -0.1) is 11.6 Å². The van der Waals surface area contributed by atoms with Crippen LogP contribution in [0, 0.1) is 0 Å². The van der Waals surface area contributed by atoms with Crippen molar-refractivity contribution in [1.82, 2.24) is 0 Å². The molecular weight excluding hydrogens is 280 g/mol. The second kappa shape index (κ2) is 6.03. The lowest BCUT2D eigenvalue weighted by Gasteiger charge is -2.08. The van der Waals surface area contributed by atoms with Gasteiger partial charge in [-0.3, -0.25) is 0 Å². The van der Waals surface area contributed by atoms with Crippen LogP contribution < -0.4 is 0 Å². The first kappa shape index (κ1) is 14.0. The highest BCUT2D eigenvalue weighted by Gasteiger charge is 2.30. The quantitative estimate of drug-likeness (QED) is 0.547. The van der Waals surface area contributed by atoms with E-state index in [0.29, 0.717) is 5.88 Å². The number of alkyl halides is 4. The third kappa shape index (κ3) is 4.85. The summed E-state index contributed by atoms with van der Waals surface area (Å²) in [5.74, 6) is 0.524. The van der Waals surface area contributed by atoms with E-state index >= 15 is 0 Å². The summed E-state index contributed by atoms with van der Waals surface area (Å²) >= 11 is 11.1. The largest absolute Gasteiger partial charge is 0.446 e. The van der Waals surface area contributed by atoms with Gasteiger partial charge in [-0.1, -0.05) is 17.7 Å². The topological polar surface area (TPSA) is 0 Å². The average molecular weight is 289 g/mol. The maximum atomic E-state index is 12.1. The molecule has 0 atom stereocenters. The van der Waals surface area contributed by atoms with Crippen LogP contribution in [-0.4, -0.2) is 11.4 Å². The normalized spacial score (nSPS) is 11.8. The number of rotatable bonds is 4. The van der Waals surface area contributed by atoms with Gasteiger partial charge in [-0.25, -0.2) is 0 Å². The van der Waals surface area contributed by atoms with Crippen LogP contribution in [0.5, 0.6) is 0 Å². The minimum atomic E-state index is -4.30. The van der Waals surface area contributed by atoms with E-state index in [0.717, 1.165) is 18.4 Å². The molecule has 0 aliphatic heterocycles. The maximum Gasteiger partial charge on any atom is 0.446 e. The summed E-state index contributed by atoms with van der Waals surface area (Å²) in [6.45, 7) is 0. The van der Waals surface area contributed by atoms with E-state index in [4.69, 9.17) is 23.2 Å². The second-order valence-electron chi connectivity index (χ2n) is 3.11. The first-order valence-electron chi connectivity index (χ1n) is 4.52. The molecule has 0 spiro atoms. The van der Waals surface area contributed by atoms with Gasteiger partial charge in [0.1, 0.15) is 0 Å². The molecule has 16 heavy (non-hydrogen) atoms. The summed E-state index contributed by atoms with van der Waals surface area (Å²) in [4.78, 5) is 0.0313. The number of benzene rings is 1. The molecule has 6 heteroatoms. The highest BCUT2D eigenvalue weighted by atomic mass is 35.5. The Hall–Kier alpha value is -0.0600. The zero-order chi connectivity index (χ0) is 12.2. The fraction of sp³-hybridized carbons (Fsp3) is 0.400. The van der Waals surface area contributed by atoms with Crippen molar-refractivity contribution in [2.45, 2.75) is 23.2 Å². The van der Waals surface area contributed by atoms with Crippen molar-refractivity contribution >= 4 is 35.0 Å². The SMILES string of the molecule is FC(F)(F)Sc1ccc(CCCCl)cc1Cl. The standard InChI is InChI=1S/C10H9Cl2F3S/c11-5-1-2-7-3-4-9(8(12)6-7)16-10(13,14)15/h3-4,6H,1-2,5H2. The molecule has 0 radical (unpaired) electrons. The van der Waals surface area contributed by atoms with E-state index in [1.807, 2.05) is 0 Å². The molecule has 0 bridgehead atoms. The molecule has 1 aromatic rings. The Kier molecular flexibility index (Phi) is 5.28. The Morgan fingerprint density at radius 3 is 2.44 bits per heavy atom. The van der Waals surface area contributed by atoms with Crippen molar-refractivity contribution in [3.05, 3.63) is 28.8 Å². The van der Waals surface area contributed by atoms with E-state index in [1.54, 1.807) is 12.1 Å². The molecule has 0 N–H and O–H groups in total. The van der Waals surface area contributed by atoms with Crippen LogP contribution in [0.1, 0.15) is 12.0 Å². The molecule has 0 aromatic heterocycles. The minimum Gasteiger partial charge on any atom is -0.160 e. The van der Waals surface area contributed by atoms with Crippen LogP contribution in [0.15, 0.2) is 23.1 Å². The lowest BCUT2D eigenvalue weighted by Crippen LogP contribution is -1.99. The van der Waals surface area contributed by atoms with Gasteiger partial charge in [-0.2, -0.15) is 13.2 Å². The molecule has 0 saturated heterocycles. The van der Waals surface area contributed by atoms with Crippen molar-refractivity contribution in [2.75, 3.05) is 5.88 Å². The first-order chi connectivity index (χ1) is 7.42. The van der Waals surface area contributed by atoms with Crippen LogP contribution in [0.4, 0.5) is 13.2 Å². The summed E-state index contributed by atoms with van der Waals surface area (Å²) in [5, 5.41) is 0.134. The maximum absolute atomic E-state index is 12.1.